The minimum absolute atomic E-state index is 0. The van der Waals surface area contributed by atoms with Gasteiger partial charge in [-0.15, -0.1) is 12.4 Å². The van der Waals surface area contributed by atoms with Crippen molar-refractivity contribution in [3.8, 4) is 0 Å². The Balaban J connectivity index is 0.000000853. The van der Waals surface area contributed by atoms with Crippen LogP contribution in [0.4, 0.5) is 17.1 Å². The summed E-state index contributed by atoms with van der Waals surface area (Å²) < 4.78 is 0. The standard InChI is InChI=1S/C10H12N4.ClH/c1-13-9-6-7(11)2-3-8(9)14-5-4-12-10(13)14;/h2-3,6H,4-5,11H2,1H3;1H. The van der Waals surface area contributed by atoms with E-state index in [1.165, 1.54) is 5.69 Å². The number of nitrogens with two attached hydrogens (primary N) is 1. The Morgan fingerprint density at radius 1 is 1.33 bits per heavy atom. The average Bonchev–Trinajstić information content (AvgIpc) is 2.72. The molecule has 0 spiro atoms. The number of aliphatic imine (C=N–C) groups is 1. The third-order valence-electron chi connectivity index (χ3n) is 2.77. The van der Waals surface area contributed by atoms with Crippen molar-refractivity contribution in [1.82, 2.24) is 0 Å². The summed E-state index contributed by atoms with van der Waals surface area (Å²) in [6, 6.07) is 6.00. The number of guanidine groups is 1. The molecule has 0 saturated carbocycles. The lowest BCUT2D eigenvalue weighted by molar-refractivity contribution is 1.03. The van der Waals surface area contributed by atoms with Crippen molar-refractivity contribution >= 4 is 35.4 Å². The Morgan fingerprint density at radius 2 is 2.13 bits per heavy atom. The van der Waals surface area contributed by atoms with Crippen LogP contribution >= 0.6 is 12.4 Å². The minimum atomic E-state index is 0. The largest absolute Gasteiger partial charge is 0.399 e. The van der Waals surface area contributed by atoms with Crippen molar-refractivity contribution in [3.63, 3.8) is 0 Å². The molecule has 0 radical (unpaired) electrons. The van der Waals surface area contributed by atoms with Gasteiger partial charge in [0, 0.05) is 19.3 Å². The van der Waals surface area contributed by atoms with Gasteiger partial charge in [-0.2, -0.15) is 0 Å². The van der Waals surface area contributed by atoms with Gasteiger partial charge < -0.3 is 15.5 Å². The molecule has 0 bridgehead atoms. The molecule has 0 fully saturated rings. The van der Waals surface area contributed by atoms with E-state index in [0.717, 1.165) is 30.4 Å². The molecule has 80 valence electrons. The van der Waals surface area contributed by atoms with E-state index in [0.29, 0.717) is 0 Å². The van der Waals surface area contributed by atoms with Crippen molar-refractivity contribution in [2.45, 2.75) is 0 Å². The fraction of sp³-hybridized carbons (Fsp3) is 0.300. The maximum absolute atomic E-state index is 5.76. The number of fused-ring (bicyclic) bond motifs is 3. The molecule has 0 amide bonds. The second-order valence-corrected chi connectivity index (χ2v) is 3.64. The van der Waals surface area contributed by atoms with Gasteiger partial charge in [0.1, 0.15) is 0 Å². The maximum Gasteiger partial charge on any atom is 0.205 e. The Hall–Kier alpha value is -1.42. The Bertz CT molecular complexity index is 429. The van der Waals surface area contributed by atoms with Crippen molar-refractivity contribution in [3.05, 3.63) is 18.2 Å². The first-order chi connectivity index (χ1) is 6.77. The van der Waals surface area contributed by atoms with Gasteiger partial charge in [-0.25, -0.2) is 0 Å². The number of nitrogens with zero attached hydrogens (tertiary/aromatic N) is 3. The summed E-state index contributed by atoms with van der Waals surface area (Å²) >= 11 is 0. The highest BCUT2D eigenvalue weighted by molar-refractivity contribution is 6.17. The summed E-state index contributed by atoms with van der Waals surface area (Å²) in [5.74, 6) is 1.05. The van der Waals surface area contributed by atoms with E-state index in [9.17, 15) is 0 Å². The van der Waals surface area contributed by atoms with Gasteiger partial charge in [-0.1, -0.05) is 0 Å². The molecule has 15 heavy (non-hydrogen) atoms. The molecule has 2 aliphatic heterocycles. The number of nitrogen functional groups attached to an aromatic ring is 1. The van der Waals surface area contributed by atoms with Crippen LogP contribution in [0.2, 0.25) is 0 Å². The second kappa shape index (κ2) is 3.31. The van der Waals surface area contributed by atoms with Crippen LogP contribution in [-0.4, -0.2) is 26.1 Å². The highest BCUT2D eigenvalue weighted by Gasteiger charge is 2.32. The van der Waals surface area contributed by atoms with E-state index in [4.69, 9.17) is 5.73 Å². The van der Waals surface area contributed by atoms with E-state index in [-0.39, 0.29) is 12.4 Å². The van der Waals surface area contributed by atoms with Gasteiger partial charge in [0.05, 0.1) is 17.9 Å². The zero-order chi connectivity index (χ0) is 9.71. The smallest absolute Gasteiger partial charge is 0.205 e. The normalized spacial score (nSPS) is 17.0. The highest BCUT2D eigenvalue weighted by atomic mass is 35.5. The molecule has 2 aliphatic rings. The highest BCUT2D eigenvalue weighted by Crippen LogP contribution is 2.38. The molecular formula is C10H13ClN4. The van der Waals surface area contributed by atoms with E-state index < -0.39 is 0 Å². The molecule has 0 unspecified atom stereocenters. The Kier molecular flexibility index (Phi) is 2.23. The summed E-state index contributed by atoms with van der Waals surface area (Å²) in [5.41, 5.74) is 8.94. The number of benzene rings is 1. The first-order valence-corrected chi connectivity index (χ1v) is 4.72. The van der Waals surface area contributed by atoms with Crippen LogP contribution in [0.15, 0.2) is 23.2 Å². The number of anilines is 3. The predicted octanol–water partition coefficient (Wildman–Crippen LogP) is 1.32. The molecule has 2 N–H and O–H groups in total. The lowest BCUT2D eigenvalue weighted by atomic mass is 10.2. The van der Waals surface area contributed by atoms with Gasteiger partial charge in [0.2, 0.25) is 5.96 Å². The second-order valence-electron chi connectivity index (χ2n) is 3.64. The van der Waals surface area contributed by atoms with Crippen molar-refractivity contribution < 1.29 is 0 Å². The number of hydrogen-bond acceptors (Lipinski definition) is 4. The van der Waals surface area contributed by atoms with Crippen LogP contribution in [0.25, 0.3) is 0 Å². The zero-order valence-electron chi connectivity index (χ0n) is 8.47. The zero-order valence-corrected chi connectivity index (χ0v) is 9.29. The van der Waals surface area contributed by atoms with Crippen molar-refractivity contribution in [2.75, 3.05) is 35.7 Å². The fourth-order valence-corrected chi connectivity index (χ4v) is 2.10. The molecule has 0 aliphatic carbocycles. The SMILES string of the molecule is CN1C2=NCCN2c2ccc(N)cc21.Cl. The average molecular weight is 225 g/mol. The summed E-state index contributed by atoms with van der Waals surface area (Å²) in [7, 11) is 2.03. The van der Waals surface area contributed by atoms with E-state index in [1.807, 2.05) is 19.2 Å². The maximum atomic E-state index is 5.76. The van der Waals surface area contributed by atoms with Crippen molar-refractivity contribution in [1.29, 1.82) is 0 Å². The molecule has 2 heterocycles. The van der Waals surface area contributed by atoms with Crippen LogP contribution in [0.3, 0.4) is 0 Å². The molecular weight excluding hydrogens is 212 g/mol. The third kappa shape index (κ3) is 1.25. The summed E-state index contributed by atoms with van der Waals surface area (Å²) in [6.07, 6.45) is 0. The van der Waals surface area contributed by atoms with Gasteiger partial charge in [0.15, 0.2) is 0 Å². The lowest BCUT2D eigenvalue weighted by Gasteiger charge is -2.12. The molecule has 0 aromatic heterocycles. The molecule has 1 aromatic carbocycles. The quantitative estimate of drug-likeness (QED) is 0.676. The number of rotatable bonds is 0. The van der Waals surface area contributed by atoms with Crippen LogP contribution in [0, 0.1) is 0 Å². The van der Waals surface area contributed by atoms with E-state index in [2.05, 4.69) is 20.9 Å². The summed E-state index contributed by atoms with van der Waals surface area (Å²) in [6.45, 7) is 1.88. The van der Waals surface area contributed by atoms with Crippen LogP contribution in [-0.2, 0) is 0 Å². The van der Waals surface area contributed by atoms with Gasteiger partial charge in [-0.05, 0) is 18.2 Å². The van der Waals surface area contributed by atoms with E-state index in [1.54, 1.807) is 0 Å². The molecule has 5 heteroatoms. The van der Waals surface area contributed by atoms with Crippen LogP contribution in [0.5, 0.6) is 0 Å². The summed E-state index contributed by atoms with van der Waals surface area (Å²) in [4.78, 5) is 8.78. The van der Waals surface area contributed by atoms with Gasteiger partial charge >= 0.3 is 0 Å². The molecule has 1 aromatic rings. The first-order valence-electron chi connectivity index (χ1n) is 4.72. The van der Waals surface area contributed by atoms with E-state index >= 15 is 0 Å². The molecule has 3 rings (SSSR count). The topological polar surface area (TPSA) is 44.9 Å². The predicted molar refractivity (Wildman–Crippen MR) is 66.2 cm³/mol. The number of halogens is 1. The third-order valence-corrected chi connectivity index (χ3v) is 2.77. The molecule has 4 nitrogen and oxygen atoms in total. The van der Waals surface area contributed by atoms with Crippen molar-refractivity contribution in [2.24, 2.45) is 4.99 Å². The van der Waals surface area contributed by atoms with Gasteiger partial charge in [-0.3, -0.25) is 4.99 Å². The fourth-order valence-electron chi connectivity index (χ4n) is 2.10. The van der Waals surface area contributed by atoms with Gasteiger partial charge in [0.25, 0.3) is 0 Å². The molecule has 0 atom stereocenters. The first kappa shape index (κ1) is 10.1. The monoisotopic (exact) mass is 224 g/mol. The Labute approximate surface area is 94.8 Å². The minimum Gasteiger partial charge on any atom is -0.399 e. The lowest BCUT2D eigenvalue weighted by Crippen LogP contribution is -2.32. The number of hydrogen-bond donors (Lipinski definition) is 1. The Morgan fingerprint density at radius 3 is 2.93 bits per heavy atom. The van der Waals surface area contributed by atoms with Crippen LogP contribution in [0.1, 0.15) is 0 Å². The molecule has 0 saturated heterocycles. The van der Waals surface area contributed by atoms with Crippen LogP contribution < -0.4 is 15.5 Å². The summed E-state index contributed by atoms with van der Waals surface area (Å²) in [5, 5.41) is 0.